The molecule has 0 saturated carbocycles. The normalized spacial score (nSPS) is 22.9. The van der Waals surface area contributed by atoms with Gasteiger partial charge < -0.3 is 10.6 Å². The number of nitrogens with zero attached hydrogens (tertiary/aromatic N) is 1. The van der Waals surface area contributed by atoms with Gasteiger partial charge >= 0.3 is 0 Å². The van der Waals surface area contributed by atoms with Crippen molar-refractivity contribution in [3.63, 3.8) is 0 Å². The molecule has 1 aliphatic rings. The highest BCUT2D eigenvalue weighted by Crippen LogP contribution is 2.20. The third kappa shape index (κ3) is 5.02. The minimum Gasteiger partial charge on any atom is -0.366 e. The first kappa shape index (κ1) is 17.9. The van der Waals surface area contributed by atoms with Crippen LogP contribution in [0.5, 0.6) is 0 Å². The lowest BCUT2D eigenvalue weighted by atomic mass is 9.92. The molecule has 1 amide bonds. The van der Waals surface area contributed by atoms with Crippen molar-refractivity contribution in [1.82, 2.24) is 9.62 Å². The van der Waals surface area contributed by atoms with Crippen molar-refractivity contribution in [3.8, 4) is 0 Å². The van der Waals surface area contributed by atoms with Gasteiger partial charge in [0, 0.05) is 31.7 Å². The number of amides is 1. The molecular formula is C16H25N3O3S. The second kappa shape index (κ2) is 7.42. The van der Waals surface area contributed by atoms with Crippen molar-refractivity contribution in [2.45, 2.75) is 25.2 Å². The van der Waals surface area contributed by atoms with E-state index in [0.717, 1.165) is 13.1 Å². The van der Waals surface area contributed by atoms with Crippen LogP contribution in [0, 0.1) is 11.8 Å². The van der Waals surface area contributed by atoms with E-state index in [0.29, 0.717) is 30.5 Å². The number of nitrogens with one attached hydrogen (secondary N) is 1. The zero-order chi connectivity index (χ0) is 17.0. The molecule has 0 aliphatic carbocycles. The predicted octanol–water partition coefficient (Wildman–Crippen LogP) is 1.04. The lowest BCUT2D eigenvalue weighted by Crippen LogP contribution is -2.42. The summed E-state index contributed by atoms with van der Waals surface area (Å²) in [7, 11) is -3.56. The molecule has 128 valence electrons. The first-order chi connectivity index (χ1) is 10.8. The highest BCUT2D eigenvalue weighted by molar-refractivity contribution is 7.89. The Bertz CT molecular complexity index is 633. The second-order valence-electron chi connectivity index (χ2n) is 6.49. The molecule has 0 aromatic heterocycles. The smallest absolute Gasteiger partial charge is 0.248 e. The molecule has 0 bridgehead atoms. The number of sulfonamides is 1. The summed E-state index contributed by atoms with van der Waals surface area (Å²) in [4.78, 5) is 13.5. The Balaban J connectivity index is 1.90. The summed E-state index contributed by atoms with van der Waals surface area (Å²) in [6.45, 7) is 7.56. The van der Waals surface area contributed by atoms with E-state index in [2.05, 4.69) is 23.5 Å². The van der Waals surface area contributed by atoms with Gasteiger partial charge in [-0.1, -0.05) is 13.8 Å². The molecule has 1 saturated heterocycles. The van der Waals surface area contributed by atoms with E-state index in [1.165, 1.54) is 30.7 Å². The first-order valence-corrected chi connectivity index (χ1v) is 9.38. The van der Waals surface area contributed by atoms with Crippen molar-refractivity contribution in [2.75, 3.05) is 26.2 Å². The molecule has 1 aromatic rings. The summed E-state index contributed by atoms with van der Waals surface area (Å²) in [6.07, 6.45) is 1.23. The fraction of sp³-hybridized carbons (Fsp3) is 0.562. The van der Waals surface area contributed by atoms with Gasteiger partial charge in [0.05, 0.1) is 4.90 Å². The Kier molecular flexibility index (Phi) is 5.78. The number of carbonyl (C=O) groups is 1. The highest BCUT2D eigenvalue weighted by atomic mass is 32.2. The number of hydrogen-bond acceptors (Lipinski definition) is 4. The van der Waals surface area contributed by atoms with Crippen LogP contribution in [-0.2, 0) is 10.0 Å². The quantitative estimate of drug-likeness (QED) is 0.810. The summed E-state index contributed by atoms with van der Waals surface area (Å²) in [5.74, 6) is 0.726. The van der Waals surface area contributed by atoms with E-state index in [1.54, 1.807) is 0 Å². The van der Waals surface area contributed by atoms with E-state index < -0.39 is 15.9 Å². The maximum atomic E-state index is 12.2. The van der Waals surface area contributed by atoms with Gasteiger partial charge in [-0.15, -0.1) is 0 Å². The van der Waals surface area contributed by atoms with Crippen LogP contribution >= 0.6 is 0 Å². The van der Waals surface area contributed by atoms with Crippen LogP contribution in [0.2, 0.25) is 0 Å². The van der Waals surface area contributed by atoms with Crippen LogP contribution in [0.1, 0.15) is 30.6 Å². The van der Waals surface area contributed by atoms with E-state index in [1.807, 2.05) is 0 Å². The third-order valence-corrected chi connectivity index (χ3v) is 5.59. The monoisotopic (exact) mass is 339 g/mol. The molecule has 1 fully saturated rings. The molecule has 0 radical (unpaired) electrons. The van der Waals surface area contributed by atoms with E-state index in [-0.39, 0.29) is 4.90 Å². The Morgan fingerprint density at radius 1 is 1.22 bits per heavy atom. The van der Waals surface area contributed by atoms with Gasteiger partial charge in [0.25, 0.3) is 0 Å². The molecular weight excluding hydrogens is 314 g/mol. The van der Waals surface area contributed by atoms with Gasteiger partial charge in [-0.2, -0.15) is 0 Å². The summed E-state index contributed by atoms with van der Waals surface area (Å²) < 4.78 is 27.1. The molecule has 2 atom stereocenters. The fourth-order valence-electron chi connectivity index (χ4n) is 3.19. The van der Waals surface area contributed by atoms with Gasteiger partial charge in [0.15, 0.2) is 0 Å². The van der Waals surface area contributed by atoms with Crippen LogP contribution in [0.4, 0.5) is 0 Å². The van der Waals surface area contributed by atoms with E-state index in [9.17, 15) is 13.2 Å². The average molecular weight is 339 g/mol. The molecule has 23 heavy (non-hydrogen) atoms. The standard InChI is InChI=1S/C16H25N3O3S/c1-12-9-13(2)11-19(10-12)8-7-18-23(21,22)15-5-3-14(4-6-15)16(17)20/h3-6,12-13,18H,7-11H2,1-2H3,(H2,17,20)/t12-,13-/m1/s1. The predicted molar refractivity (Wildman–Crippen MR) is 89.5 cm³/mol. The molecule has 1 aromatic carbocycles. The molecule has 6 nitrogen and oxygen atoms in total. The zero-order valence-electron chi connectivity index (χ0n) is 13.7. The average Bonchev–Trinajstić information content (AvgIpc) is 2.46. The summed E-state index contributed by atoms with van der Waals surface area (Å²) in [5, 5.41) is 0. The van der Waals surface area contributed by atoms with Crippen LogP contribution in [0.15, 0.2) is 29.2 Å². The maximum Gasteiger partial charge on any atom is 0.248 e. The molecule has 0 unspecified atom stereocenters. The van der Waals surface area contributed by atoms with Crippen molar-refractivity contribution < 1.29 is 13.2 Å². The van der Waals surface area contributed by atoms with Crippen LogP contribution in [0.25, 0.3) is 0 Å². The highest BCUT2D eigenvalue weighted by Gasteiger charge is 2.22. The fourth-order valence-corrected chi connectivity index (χ4v) is 4.22. The number of nitrogens with two attached hydrogens (primary N) is 1. The van der Waals surface area contributed by atoms with E-state index >= 15 is 0 Å². The van der Waals surface area contributed by atoms with Crippen molar-refractivity contribution >= 4 is 15.9 Å². The Morgan fingerprint density at radius 3 is 2.30 bits per heavy atom. The Labute approximate surface area is 138 Å². The van der Waals surface area contributed by atoms with Gasteiger partial charge in [-0.25, -0.2) is 13.1 Å². The Hall–Kier alpha value is -1.44. The number of benzene rings is 1. The molecule has 3 N–H and O–H groups in total. The maximum absolute atomic E-state index is 12.2. The molecule has 0 spiro atoms. The number of piperidine rings is 1. The van der Waals surface area contributed by atoms with E-state index in [4.69, 9.17) is 5.73 Å². The van der Waals surface area contributed by atoms with Gasteiger partial charge in [0.2, 0.25) is 15.9 Å². The van der Waals surface area contributed by atoms with Gasteiger partial charge in [-0.05, 0) is 42.5 Å². The number of likely N-dealkylation sites (tertiary alicyclic amines) is 1. The second-order valence-corrected chi connectivity index (χ2v) is 8.26. The van der Waals surface area contributed by atoms with Crippen LogP contribution in [0.3, 0.4) is 0 Å². The number of primary amides is 1. The molecule has 1 heterocycles. The van der Waals surface area contributed by atoms with Crippen LogP contribution < -0.4 is 10.5 Å². The van der Waals surface area contributed by atoms with Crippen LogP contribution in [-0.4, -0.2) is 45.4 Å². The lowest BCUT2D eigenvalue weighted by Gasteiger charge is -2.34. The van der Waals surface area contributed by atoms with Gasteiger partial charge in [-0.3, -0.25) is 4.79 Å². The molecule has 7 heteroatoms. The lowest BCUT2D eigenvalue weighted by molar-refractivity contribution is 0.1000. The zero-order valence-corrected chi connectivity index (χ0v) is 14.5. The third-order valence-electron chi connectivity index (χ3n) is 4.11. The minimum atomic E-state index is -3.56. The van der Waals surface area contributed by atoms with Gasteiger partial charge in [0.1, 0.15) is 0 Å². The van der Waals surface area contributed by atoms with Crippen molar-refractivity contribution in [2.24, 2.45) is 17.6 Å². The SMILES string of the molecule is C[C@@H]1C[C@@H](C)CN(CCNS(=O)(=O)c2ccc(C(N)=O)cc2)C1. The minimum absolute atomic E-state index is 0.142. The summed E-state index contributed by atoms with van der Waals surface area (Å²) in [6, 6.07) is 5.64. The van der Waals surface area contributed by atoms with Crippen molar-refractivity contribution in [3.05, 3.63) is 29.8 Å². The number of hydrogen-bond donors (Lipinski definition) is 2. The number of carbonyl (C=O) groups excluding carboxylic acids is 1. The summed E-state index contributed by atoms with van der Waals surface area (Å²) in [5.41, 5.74) is 5.44. The Morgan fingerprint density at radius 2 is 1.78 bits per heavy atom. The molecule has 1 aliphatic heterocycles. The summed E-state index contributed by atoms with van der Waals surface area (Å²) >= 11 is 0. The largest absolute Gasteiger partial charge is 0.366 e. The number of rotatable bonds is 6. The van der Waals surface area contributed by atoms with Crippen molar-refractivity contribution in [1.29, 1.82) is 0 Å². The first-order valence-electron chi connectivity index (χ1n) is 7.90. The molecule has 2 rings (SSSR count). The topological polar surface area (TPSA) is 92.5 Å².